The molecule has 0 atom stereocenters. The number of carbonyl (C=O) groups excluding carboxylic acids is 1. The molecule has 0 unspecified atom stereocenters. The zero-order chi connectivity index (χ0) is 14.4. The molecule has 0 aromatic heterocycles. The van der Waals surface area contributed by atoms with E-state index in [2.05, 4.69) is 0 Å². The van der Waals surface area contributed by atoms with Crippen LogP contribution in [0, 0.1) is 23.2 Å². The molecule has 0 saturated heterocycles. The molecule has 0 radical (unpaired) electrons. The lowest BCUT2D eigenvalue weighted by molar-refractivity contribution is -0.0848. The van der Waals surface area contributed by atoms with Crippen LogP contribution in [0.5, 0.6) is 0 Å². The van der Waals surface area contributed by atoms with E-state index in [1.165, 1.54) is 38.5 Å². The SMILES string of the molecule is O=C(OCC12CC3CC(CC(C3)C1)C2)c1ccc(Cl)cc1. The van der Waals surface area contributed by atoms with Gasteiger partial charge in [0.05, 0.1) is 12.2 Å². The molecule has 4 aliphatic rings. The molecule has 0 aliphatic heterocycles. The summed E-state index contributed by atoms with van der Waals surface area (Å²) >= 11 is 5.85. The quantitative estimate of drug-likeness (QED) is 0.756. The van der Waals surface area contributed by atoms with Crippen molar-refractivity contribution in [3.63, 3.8) is 0 Å². The highest BCUT2D eigenvalue weighted by molar-refractivity contribution is 6.30. The van der Waals surface area contributed by atoms with Gasteiger partial charge in [0, 0.05) is 10.4 Å². The highest BCUT2D eigenvalue weighted by Gasteiger charge is 2.51. The normalized spacial score (nSPS) is 36.7. The van der Waals surface area contributed by atoms with Crippen LogP contribution in [0.3, 0.4) is 0 Å². The summed E-state index contributed by atoms with van der Waals surface area (Å²) in [4.78, 5) is 12.2. The summed E-state index contributed by atoms with van der Waals surface area (Å²) in [5.74, 6) is 2.48. The molecule has 2 nitrogen and oxygen atoms in total. The molecule has 0 amide bonds. The van der Waals surface area contributed by atoms with E-state index in [0.29, 0.717) is 17.2 Å². The first kappa shape index (κ1) is 13.6. The molecule has 4 aliphatic carbocycles. The smallest absolute Gasteiger partial charge is 0.338 e. The predicted octanol–water partition coefficient (Wildman–Crippen LogP) is 4.71. The van der Waals surface area contributed by atoms with E-state index in [4.69, 9.17) is 16.3 Å². The van der Waals surface area contributed by atoms with Gasteiger partial charge < -0.3 is 4.74 Å². The van der Waals surface area contributed by atoms with E-state index < -0.39 is 0 Å². The molecule has 112 valence electrons. The van der Waals surface area contributed by atoms with Gasteiger partial charge in [-0.1, -0.05) is 11.6 Å². The van der Waals surface area contributed by atoms with E-state index in [0.717, 1.165) is 17.8 Å². The summed E-state index contributed by atoms with van der Waals surface area (Å²) < 4.78 is 5.67. The Hall–Kier alpha value is -1.02. The number of rotatable bonds is 3. The van der Waals surface area contributed by atoms with Crippen molar-refractivity contribution in [2.75, 3.05) is 6.61 Å². The lowest BCUT2D eigenvalue weighted by atomic mass is 9.50. The van der Waals surface area contributed by atoms with Crippen molar-refractivity contribution in [1.29, 1.82) is 0 Å². The molecule has 0 heterocycles. The monoisotopic (exact) mass is 304 g/mol. The van der Waals surface area contributed by atoms with Crippen molar-refractivity contribution in [2.24, 2.45) is 23.2 Å². The summed E-state index contributed by atoms with van der Waals surface area (Å²) in [5, 5.41) is 0.646. The molecule has 1 aromatic rings. The maximum Gasteiger partial charge on any atom is 0.338 e. The van der Waals surface area contributed by atoms with Crippen LogP contribution in [0.15, 0.2) is 24.3 Å². The summed E-state index contributed by atoms with van der Waals surface area (Å²) in [6.07, 6.45) is 8.08. The first-order chi connectivity index (χ1) is 10.1. The Labute approximate surface area is 130 Å². The molecule has 0 spiro atoms. The second kappa shape index (κ2) is 5.01. The number of halogens is 1. The summed E-state index contributed by atoms with van der Waals surface area (Å²) in [7, 11) is 0. The Balaban J connectivity index is 1.42. The highest BCUT2D eigenvalue weighted by atomic mass is 35.5. The molecule has 4 saturated carbocycles. The van der Waals surface area contributed by atoms with Crippen LogP contribution in [-0.4, -0.2) is 12.6 Å². The second-order valence-corrected chi connectivity index (χ2v) is 7.94. The Morgan fingerprint density at radius 1 is 1.05 bits per heavy atom. The third-order valence-electron chi connectivity index (χ3n) is 5.75. The van der Waals surface area contributed by atoms with Gasteiger partial charge in [-0.3, -0.25) is 0 Å². The minimum Gasteiger partial charge on any atom is -0.462 e. The van der Waals surface area contributed by atoms with Gasteiger partial charge in [-0.15, -0.1) is 0 Å². The van der Waals surface area contributed by atoms with Gasteiger partial charge in [0.15, 0.2) is 0 Å². The summed E-state index contributed by atoms with van der Waals surface area (Å²) in [6.45, 7) is 0.609. The van der Waals surface area contributed by atoms with Crippen LogP contribution in [-0.2, 0) is 4.74 Å². The third-order valence-corrected chi connectivity index (χ3v) is 6.01. The lowest BCUT2D eigenvalue weighted by Crippen LogP contribution is -2.48. The zero-order valence-corrected chi connectivity index (χ0v) is 12.9. The van der Waals surface area contributed by atoms with E-state index >= 15 is 0 Å². The van der Waals surface area contributed by atoms with Crippen LogP contribution >= 0.6 is 11.6 Å². The Morgan fingerprint density at radius 3 is 2.10 bits per heavy atom. The fourth-order valence-corrected chi connectivity index (χ4v) is 5.48. The van der Waals surface area contributed by atoms with Gasteiger partial charge in [0.1, 0.15) is 0 Å². The molecule has 21 heavy (non-hydrogen) atoms. The van der Waals surface area contributed by atoms with Gasteiger partial charge in [-0.2, -0.15) is 0 Å². The largest absolute Gasteiger partial charge is 0.462 e. The highest BCUT2D eigenvalue weighted by Crippen LogP contribution is 2.60. The average Bonchev–Trinajstić information content (AvgIpc) is 2.44. The van der Waals surface area contributed by atoms with Gasteiger partial charge in [0.2, 0.25) is 0 Å². The van der Waals surface area contributed by atoms with E-state index in [1.807, 2.05) is 0 Å². The molecular formula is C18H21ClO2. The predicted molar refractivity (Wildman–Crippen MR) is 82.3 cm³/mol. The Bertz CT molecular complexity index is 514. The Kier molecular flexibility index (Phi) is 3.25. The maximum absolute atomic E-state index is 12.2. The van der Waals surface area contributed by atoms with Crippen LogP contribution in [0.25, 0.3) is 0 Å². The maximum atomic E-state index is 12.2. The first-order valence-electron chi connectivity index (χ1n) is 8.05. The molecule has 1 aromatic carbocycles. The van der Waals surface area contributed by atoms with Crippen molar-refractivity contribution in [2.45, 2.75) is 38.5 Å². The number of ether oxygens (including phenoxy) is 1. The van der Waals surface area contributed by atoms with Crippen LogP contribution in [0.4, 0.5) is 0 Å². The topological polar surface area (TPSA) is 26.3 Å². The zero-order valence-electron chi connectivity index (χ0n) is 12.2. The number of carbonyl (C=O) groups is 1. The minimum atomic E-state index is -0.206. The van der Waals surface area contributed by atoms with Crippen molar-refractivity contribution in [3.8, 4) is 0 Å². The van der Waals surface area contributed by atoms with Crippen LogP contribution in [0.2, 0.25) is 5.02 Å². The molecule has 5 rings (SSSR count). The molecule has 0 N–H and O–H groups in total. The molecule has 3 heteroatoms. The van der Waals surface area contributed by atoms with Gasteiger partial charge in [-0.05, 0) is 80.5 Å². The first-order valence-corrected chi connectivity index (χ1v) is 8.42. The van der Waals surface area contributed by atoms with Crippen molar-refractivity contribution in [3.05, 3.63) is 34.9 Å². The minimum absolute atomic E-state index is 0.206. The number of esters is 1. The standard InChI is InChI=1S/C18H21ClO2/c19-16-3-1-15(2-4-16)17(20)21-11-18-8-12-5-13(9-18)7-14(6-12)10-18/h1-4,12-14H,5-11H2. The number of hydrogen-bond acceptors (Lipinski definition) is 2. The summed E-state index contributed by atoms with van der Waals surface area (Å²) in [5.41, 5.74) is 0.890. The number of benzene rings is 1. The van der Waals surface area contributed by atoms with Crippen molar-refractivity contribution < 1.29 is 9.53 Å². The second-order valence-electron chi connectivity index (χ2n) is 7.50. The molecule has 4 bridgehead atoms. The summed E-state index contributed by atoms with van der Waals surface area (Å²) in [6, 6.07) is 6.96. The van der Waals surface area contributed by atoms with Crippen molar-refractivity contribution in [1.82, 2.24) is 0 Å². The third kappa shape index (κ3) is 2.59. The van der Waals surface area contributed by atoms with Gasteiger partial charge in [0.25, 0.3) is 0 Å². The van der Waals surface area contributed by atoms with E-state index in [1.54, 1.807) is 24.3 Å². The van der Waals surface area contributed by atoms with Gasteiger partial charge >= 0.3 is 5.97 Å². The Morgan fingerprint density at radius 2 is 1.57 bits per heavy atom. The number of hydrogen-bond donors (Lipinski definition) is 0. The van der Waals surface area contributed by atoms with E-state index in [9.17, 15) is 4.79 Å². The average molecular weight is 305 g/mol. The molecule has 4 fully saturated rings. The van der Waals surface area contributed by atoms with E-state index in [-0.39, 0.29) is 11.4 Å². The van der Waals surface area contributed by atoms with Crippen molar-refractivity contribution >= 4 is 17.6 Å². The van der Waals surface area contributed by atoms with Crippen LogP contribution in [0.1, 0.15) is 48.9 Å². The fraction of sp³-hybridized carbons (Fsp3) is 0.611. The fourth-order valence-electron chi connectivity index (χ4n) is 5.35. The van der Waals surface area contributed by atoms with Crippen LogP contribution < -0.4 is 0 Å². The lowest BCUT2D eigenvalue weighted by Gasteiger charge is -2.56. The van der Waals surface area contributed by atoms with Gasteiger partial charge in [-0.25, -0.2) is 4.79 Å². The molecular weight excluding hydrogens is 284 g/mol.